The molecule has 1 atom stereocenters. The molecule has 2 aromatic rings. The fourth-order valence-electron chi connectivity index (χ4n) is 2.78. The minimum absolute atomic E-state index is 0.0719. The van der Waals surface area contributed by atoms with Crippen LogP contribution in [-0.2, 0) is 0 Å². The fourth-order valence-corrected chi connectivity index (χ4v) is 2.78. The highest BCUT2D eigenvalue weighted by molar-refractivity contribution is 5.93. The number of furan rings is 1. The van der Waals surface area contributed by atoms with E-state index >= 15 is 0 Å². The highest BCUT2D eigenvalue weighted by Gasteiger charge is 2.26. The largest absolute Gasteiger partial charge is 0.461 e. The van der Waals surface area contributed by atoms with Gasteiger partial charge < -0.3 is 19.2 Å². The molecule has 0 aliphatic carbocycles. The molecule has 0 bridgehead atoms. The van der Waals surface area contributed by atoms with E-state index in [4.69, 9.17) is 8.94 Å². The minimum atomic E-state index is -0.0719. The third kappa shape index (κ3) is 3.00. The first-order chi connectivity index (χ1) is 10.3. The maximum absolute atomic E-state index is 12.5. The number of carbonyl (C=O) groups excluding carboxylic acids is 1. The highest BCUT2D eigenvalue weighted by Crippen LogP contribution is 2.23. The van der Waals surface area contributed by atoms with Gasteiger partial charge in [0.1, 0.15) is 0 Å². The number of hydrogen-bond donors (Lipinski definition) is 1. The topological polar surface area (TPSA) is 71.5 Å². The smallest absolute Gasteiger partial charge is 0.276 e. The molecular formula is C15H19N3O3. The molecule has 6 nitrogen and oxygen atoms in total. The number of nitrogens with one attached hydrogen (secondary N) is 1. The number of carbonyl (C=O) groups is 1. The predicted octanol–water partition coefficient (Wildman–Crippen LogP) is 2.01. The predicted molar refractivity (Wildman–Crippen MR) is 76.8 cm³/mol. The zero-order valence-electron chi connectivity index (χ0n) is 12.0. The number of piperidine rings is 1. The van der Waals surface area contributed by atoms with E-state index in [9.17, 15) is 4.79 Å². The SMILES string of the molecule is CNCC1CCCN(C(=O)c2cc(-c3ccco3)on2)C1. The van der Waals surface area contributed by atoms with Crippen molar-refractivity contribution in [3.05, 3.63) is 30.2 Å². The summed E-state index contributed by atoms with van der Waals surface area (Å²) in [7, 11) is 1.94. The van der Waals surface area contributed by atoms with Crippen molar-refractivity contribution in [2.75, 3.05) is 26.7 Å². The molecular weight excluding hydrogens is 270 g/mol. The minimum Gasteiger partial charge on any atom is -0.461 e. The Morgan fingerprint density at radius 3 is 3.19 bits per heavy atom. The summed E-state index contributed by atoms with van der Waals surface area (Å²) in [6, 6.07) is 5.19. The molecule has 2 aromatic heterocycles. The van der Waals surface area contributed by atoms with Gasteiger partial charge in [0.25, 0.3) is 5.91 Å². The van der Waals surface area contributed by atoms with Crippen molar-refractivity contribution < 1.29 is 13.7 Å². The van der Waals surface area contributed by atoms with E-state index in [2.05, 4.69) is 10.5 Å². The summed E-state index contributed by atoms with van der Waals surface area (Å²) in [5.41, 5.74) is 0.339. The summed E-state index contributed by atoms with van der Waals surface area (Å²) in [5, 5.41) is 7.05. The summed E-state index contributed by atoms with van der Waals surface area (Å²) < 4.78 is 10.4. The van der Waals surface area contributed by atoms with Crippen molar-refractivity contribution >= 4 is 5.91 Å². The van der Waals surface area contributed by atoms with Gasteiger partial charge in [0.15, 0.2) is 11.5 Å². The van der Waals surface area contributed by atoms with Gasteiger partial charge in [0.05, 0.1) is 6.26 Å². The summed E-state index contributed by atoms with van der Waals surface area (Å²) in [6.07, 6.45) is 3.74. The molecule has 1 saturated heterocycles. The molecule has 1 aliphatic heterocycles. The second-order valence-electron chi connectivity index (χ2n) is 5.37. The van der Waals surface area contributed by atoms with Gasteiger partial charge in [-0.2, -0.15) is 0 Å². The monoisotopic (exact) mass is 289 g/mol. The van der Waals surface area contributed by atoms with Crippen LogP contribution in [0, 0.1) is 5.92 Å². The molecule has 0 saturated carbocycles. The Labute approximate surface area is 123 Å². The number of amides is 1. The molecule has 1 N–H and O–H groups in total. The molecule has 3 heterocycles. The van der Waals surface area contributed by atoms with E-state index in [-0.39, 0.29) is 5.91 Å². The third-order valence-electron chi connectivity index (χ3n) is 3.79. The van der Waals surface area contributed by atoms with Crippen molar-refractivity contribution in [2.45, 2.75) is 12.8 Å². The Balaban J connectivity index is 1.70. The van der Waals surface area contributed by atoms with Crippen LogP contribution in [0.1, 0.15) is 23.3 Å². The molecule has 0 radical (unpaired) electrons. The van der Waals surface area contributed by atoms with Gasteiger partial charge in [-0.15, -0.1) is 0 Å². The zero-order valence-corrected chi connectivity index (χ0v) is 12.0. The normalized spacial score (nSPS) is 18.9. The molecule has 3 rings (SSSR count). The fraction of sp³-hybridized carbons (Fsp3) is 0.467. The third-order valence-corrected chi connectivity index (χ3v) is 3.79. The molecule has 0 aromatic carbocycles. The van der Waals surface area contributed by atoms with Gasteiger partial charge in [0.2, 0.25) is 5.76 Å². The maximum Gasteiger partial charge on any atom is 0.276 e. The van der Waals surface area contributed by atoms with Crippen LogP contribution in [-0.4, -0.2) is 42.6 Å². The summed E-state index contributed by atoms with van der Waals surface area (Å²) in [6.45, 7) is 2.48. The Morgan fingerprint density at radius 2 is 2.43 bits per heavy atom. The number of likely N-dealkylation sites (tertiary alicyclic amines) is 1. The van der Waals surface area contributed by atoms with Crippen LogP contribution in [0.5, 0.6) is 0 Å². The molecule has 6 heteroatoms. The second-order valence-corrected chi connectivity index (χ2v) is 5.37. The first-order valence-electron chi connectivity index (χ1n) is 7.22. The molecule has 0 spiro atoms. The second kappa shape index (κ2) is 6.13. The lowest BCUT2D eigenvalue weighted by atomic mass is 9.98. The van der Waals surface area contributed by atoms with Crippen molar-refractivity contribution in [1.82, 2.24) is 15.4 Å². The molecule has 21 heavy (non-hydrogen) atoms. The Bertz CT molecular complexity index is 589. The first kappa shape index (κ1) is 13.9. The van der Waals surface area contributed by atoms with Crippen LogP contribution >= 0.6 is 0 Å². The number of nitrogens with zero attached hydrogens (tertiary/aromatic N) is 2. The number of hydrogen-bond acceptors (Lipinski definition) is 5. The average molecular weight is 289 g/mol. The van der Waals surface area contributed by atoms with Gasteiger partial charge in [-0.1, -0.05) is 5.16 Å². The molecule has 112 valence electrons. The maximum atomic E-state index is 12.5. The molecule has 1 unspecified atom stereocenters. The van der Waals surface area contributed by atoms with Crippen molar-refractivity contribution in [3.8, 4) is 11.5 Å². The van der Waals surface area contributed by atoms with Crippen LogP contribution in [0.3, 0.4) is 0 Å². The van der Waals surface area contributed by atoms with Crippen molar-refractivity contribution in [3.63, 3.8) is 0 Å². The van der Waals surface area contributed by atoms with Gasteiger partial charge in [-0.05, 0) is 44.5 Å². The highest BCUT2D eigenvalue weighted by atomic mass is 16.5. The molecule has 1 amide bonds. The van der Waals surface area contributed by atoms with E-state index in [1.54, 1.807) is 24.5 Å². The summed E-state index contributed by atoms with van der Waals surface area (Å²) in [4.78, 5) is 14.3. The summed E-state index contributed by atoms with van der Waals surface area (Å²) >= 11 is 0. The lowest BCUT2D eigenvalue weighted by Gasteiger charge is -2.32. The van der Waals surface area contributed by atoms with Crippen LogP contribution in [0.25, 0.3) is 11.5 Å². The molecule has 1 fully saturated rings. The van der Waals surface area contributed by atoms with Crippen LogP contribution in [0.2, 0.25) is 0 Å². The van der Waals surface area contributed by atoms with Crippen LogP contribution in [0.4, 0.5) is 0 Å². The van der Waals surface area contributed by atoms with Gasteiger partial charge in [-0.3, -0.25) is 4.79 Å². The summed E-state index contributed by atoms with van der Waals surface area (Å²) in [5.74, 6) is 1.49. The van der Waals surface area contributed by atoms with E-state index in [1.165, 1.54) is 0 Å². The van der Waals surface area contributed by atoms with E-state index < -0.39 is 0 Å². The quantitative estimate of drug-likeness (QED) is 0.932. The van der Waals surface area contributed by atoms with Crippen molar-refractivity contribution in [1.29, 1.82) is 0 Å². The Morgan fingerprint density at radius 1 is 1.52 bits per heavy atom. The van der Waals surface area contributed by atoms with Gasteiger partial charge >= 0.3 is 0 Å². The van der Waals surface area contributed by atoms with E-state index in [0.717, 1.165) is 32.5 Å². The zero-order chi connectivity index (χ0) is 14.7. The Hall–Kier alpha value is -2.08. The standard InChI is InChI=1S/C15H19N3O3/c1-16-9-11-4-2-6-18(10-11)15(19)12-8-14(21-17-12)13-5-3-7-20-13/h3,5,7-8,11,16H,2,4,6,9-10H2,1H3. The van der Waals surface area contributed by atoms with Crippen molar-refractivity contribution in [2.24, 2.45) is 5.92 Å². The van der Waals surface area contributed by atoms with Crippen LogP contribution < -0.4 is 5.32 Å². The lowest BCUT2D eigenvalue weighted by molar-refractivity contribution is 0.0664. The lowest BCUT2D eigenvalue weighted by Crippen LogP contribution is -2.42. The van der Waals surface area contributed by atoms with Gasteiger partial charge in [0, 0.05) is 19.2 Å². The number of aromatic nitrogens is 1. The molecule has 1 aliphatic rings. The Kier molecular flexibility index (Phi) is 4.06. The first-order valence-corrected chi connectivity index (χ1v) is 7.22. The van der Waals surface area contributed by atoms with E-state index in [0.29, 0.717) is 23.1 Å². The van der Waals surface area contributed by atoms with E-state index in [1.807, 2.05) is 11.9 Å². The average Bonchev–Trinajstić information content (AvgIpc) is 3.18. The van der Waals surface area contributed by atoms with Gasteiger partial charge in [-0.25, -0.2) is 0 Å². The van der Waals surface area contributed by atoms with Crippen LogP contribution in [0.15, 0.2) is 33.4 Å². The number of rotatable bonds is 4.